The molecule has 10 heteroatoms. The molecule has 1 atom stereocenters. The van der Waals surface area contributed by atoms with Gasteiger partial charge in [0.05, 0.1) is 10.6 Å². The van der Waals surface area contributed by atoms with E-state index in [1.165, 1.54) is 23.9 Å². The van der Waals surface area contributed by atoms with Gasteiger partial charge in [0, 0.05) is 36.9 Å². The van der Waals surface area contributed by atoms with E-state index in [0.29, 0.717) is 23.7 Å². The van der Waals surface area contributed by atoms with Crippen LogP contribution in [0.3, 0.4) is 0 Å². The number of nitrogens with one attached hydrogen (secondary N) is 2. The average Bonchev–Trinajstić information content (AvgIpc) is 3.07. The summed E-state index contributed by atoms with van der Waals surface area (Å²) >= 11 is 1.18. The van der Waals surface area contributed by atoms with Gasteiger partial charge in [-0.15, -0.1) is 11.8 Å². The maximum atomic E-state index is 12.9. The van der Waals surface area contributed by atoms with Crippen LogP contribution in [0, 0.1) is 0 Å². The Kier molecular flexibility index (Phi) is 6.59. The summed E-state index contributed by atoms with van der Waals surface area (Å²) in [6.45, 7) is 1.46. The van der Waals surface area contributed by atoms with Crippen molar-refractivity contribution >= 4 is 39.3 Å². The predicted octanol–water partition coefficient (Wildman–Crippen LogP) is 2.38. The zero-order chi connectivity index (χ0) is 21.8. The number of sulfonamides is 1. The number of fused-ring (bicyclic) bond motifs is 1. The number of benzene rings is 1. The Morgan fingerprint density at radius 1 is 1.19 bits per heavy atom. The highest BCUT2D eigenvalue weighted by atomic mass is 32.2. The van der Waals surface area contributed by atoms with Crippen LogP contribution in [0.1, 0.15) is 31.2 Å². The Labute approximate surface area is 185 Å². The summed E-state index contributed by atoms with van der Waals surface area (Å²) in [7, 11) is -3.77. The van der Waals surface area contributed by atoms with Crippen LogP contribution in [0.2, 0.25) is 0 Å². The van der Waals surface area contributed by atoms with Crippen LogP contribution in [0.15, 0.2) is 52.5 Å². The molecule has 2 aliphatic heterocycles. The fourth-order valence-electron chi connectivity index (χ4n) is 3.64. The van der Waals surface area contributed by atoms with Crippen LogP contribution in [0.5, 0.6) is 0 Å². The van der Waals surface area contributed by atoms with Gasteiger partial charge in [0.1, 0.15) is 0 Å². The molecule has 0 aliphatic carbocycles. The first-order chi connectivity index (χ1) is 14.9. The van der Waals surface area contributed by atoms with E-state index in [4.69, 9.17) is 0 Å². The third-order valence-corrected chi connectivity index (χ3v) is 7.99. The second-order valence-electron chi connectivity index (χ2n) is 7.57. The number of hydrogen-bond acceptors (Lipinski definition) is 6. The molecular weight excluding hydrogens is 436 g/mol. The predicted molar refractivity (Wildman–Crippen MR) is 118 cm³/mol. The molecule has 4 rings (SSSR count). The van der Waals surface area contributed by atoms with Gasteiger partial charge in [-0.2, -0.15) is 0 Å². The van der Waals surface area contributed by atoms with Crippen molar-refractivity contribution in [3.63, 3.8) is 0 Å². The standard InChI is InChI=1S/C21H24N4O4S2/c26-20-19(21(27)25-10-3-1-2-4-11-25)30-18-8-7-16(12-17(18)24-20)31(28,29)23-14-15-6-5-9-22-13-15/h5-9,12-13,19,23H,1-4,10-11,14H2,(H,24,26)/t19-/m1/s1. The lowest BCUT2D eigenvalue weighted by Crippen LogP contribution is -2.45. The van der Waals surface area contributed by atoms with Gasteiger partial charge in [-0.3, -0.25) is 14.6 Å². The number of rotatable bonds is 5. The van der Waals surface area contributed by atoms with Gasteiger partial charge in [-0.1, -0.05) is 18.9 Å². The number of nitrogens with zero attached hydrogens (tertiary/aromatic N) is 2. The van der Waals surface area contributed by atoms with Crippen LogP contribution in [0.25, 0.3) is 0 Å². The normalized spacial score (nSPS) is 19.3. The molecular formula is C21H24N4O4S2. The van der Waals surface area contributed by atoms with Crippen molar-refractivity contribution < 1.29 is 18.0 Å². The number of carbonyl (C=O) groups excluding carboxylic acids is 2. The van der Waals surface area contributed by atoms with E-state index in [2.05, 4.69) is 15.0 Å². The lowest BCUT2D eigenvalue weighted by molar-refractivity contribution is -0.133. The Morgan fingerprint density at radius 3 is 2.68 bits per heavy atom. The summed E-state index contributed by atoms with van der Waals surface area (Å²) in [5.74, 6) is -0.588. The first-order valence-corrected chi connectivity index (χ1v) is 12.6. The molecule has 2 amide bonds. The lowest BCUT2D eigenvalue weighted by Gasteiger charge is -2.28. The van der Waals surface area contributed by atoms with Crippen LogP contribution in [0.4, 0.5) is 5.69 Å². The molecule has 3 heterocycles. The second-order valence-corrected chi connectivity index (χ2v) is 10.5. The second kappa shape index (κ2) is 9.37. The van der Waals surface area contributed by atoms with Gasteiger partial charge in [0.2, 0.25) is 21.8 Å². The van der Waals surface area contributed by atoms with Crippen molar-refractivity contribution in [2.75, 3.05) is 18.4 Å². The summed E-state index contributed by atoms with van der Waals surface area (Å²) in [5, 5.41) is 1.87. The van der Waals surface area contributed by atoms with E-state index in [0.717, 1.165) is 31.2 Å². The average molecular weight is 461 g/mol. The lowest BCUT2D eigenvalue weighted by atomic mass is 10.2. The fourth-order valence-corrected chi connectivity index (χ4v) is 5.74. The Balaban J connectivity index is 1.48. The van der Waals surface area contributed by atoms with E-state index < -0.39 is 21.2 Å². The van der Waals surface area contributed by atoms with Gasteiger partial charge < -0.3 is 10.2 Å². The zero-order valence-corrected chi connectivity index (χ0v) is 18.5. The number of aromatic nitrogens is 1. The highest BCUT2D eigenvalue weighted by molar-refractivity contribution is 8.01. The van der Waals surface area contributed by atoms with Gasteiger partial charge in [0.25, 0.3) is 0 Å². The molecule has 2 aromatic rings. The summed E-state index contributed by atoms with van der Waals surface area (Å²) in [6.07, 6.45) is 7.31. The molecule has 2 N–H and O–H groups in total. The van der Waals surface area contributed by atoms with Crippen molar-refractivity contribution in [2.45, 2.75) is 47.3 Å². The number of carbonyl (C=O) groups is 2. The molecule has 1 fully saturated rings. The van der Waals surface area contributed by atoms with Crippen LogP contribution >= 0.6 is 11.8 Å². The SMILES string of the molecule is O=C1Nc2cc(S(=O)(=O)NCc3cccnc3)ccc2S[C@H]1C(=O)N1CCCCCC1. The van der Waals surface area contributed by atoms with Gasteiger partial charge in [-0.05, 0) is 42.7 Å². The molecule has 8 nitrogen and oxygen atoms in total. The minimum atomic E-state index is -3.77. The summed E-state index contributed by atoms with van der Waals surface area (Å²) < 4.78 is 27.9. The molecule has 2 aliphatic rings. The highest BCUT2D eigenvalue weighted by Gasteiger charge is 2.36. The number of hydrogen-bond donors (Lipinski definition) is 2. The molecule has 0 radical (unpaired) electrons. The summed E-state index contributed by atoms with van der Waals surface area (Å²) in [5.41, 5.74) is 1.14. The van der Waals surface area contributed by atoms with Crippen molar-refractivity contribution in [3.8, 4) is 0 Å². The monoisotopic (exact) mass is 460 g/mol. The fraction of sp³-hybridized carbons (Fsp3) is 0.381. The van der Waals surface area contributed by atoms with Gasteiger partial charge in [0.15, 0.2) is 5.25 Å². The van der Waals surface area contributed by atoms with E-state index in [1.807, 2.05) is 0 Å². The van der Waals surface area contributed by atoms with Crippen LogP contribution in [-0.2, 0) is 26.2 Å². The summed E-state index contributed by atoms with van der Waals surface area (Å²) in [4.78, 5) is 32.0. The number of anilines is 1. The third kappa shape index (κ3) is 5.08. The number of thioether (sulfide) groups is 1. The van der Waals surface area contributed by atoms with Crippen molar-refractivity contribution in [3.05, 3.63) is 48.3 Å². The molecule has 1 saturated heterocycles. The largest absolute Gasteiger partial charge is 0.341 e. The Morgan fingerprint density at radius 2 is 1.97 bits per heavy atom. The molecule has 31 heavy (non-hydrogen) atoms. The first-order valence-electron chi connectivity index (χ1n) is 10.2. The number of amides is 2. The van der Waals surface area contributed by atoms with E-state index in [1.54, 1.807) is 35.5 Å². The van der Waals surface area contributed by atoms with E-state index >= 15 is 0 Å². The minimum absolute atomic E-state index is 0.0494. The van der Waals surface area contributed by atoms with E-state index in [9.17, 15) is 18.0 Å². The molecule has 0 saturated carbocycles. The maximum absolute atomic E-state index is 12.9. The Bertz CT molecular complexity index is 1070. The smallest absolute Gasteiger partial charge is 0.247 e. The number of pyridine rings is 1. The topological polar surface area (TPSA) is 108 Å². The molecule has 164 valence electrons. The molecule has 0 unspecified atom stereocenters. The van der Waals surface area contributed by atoms with Crippen molar-refractivity contribution in [2.24, 2.45) is 0 Å². The quantitative estimate of drug-likeness (QED) is 0.663. The minimum Gasteiger partial charge on any atom is -0.341 e. The third-order valence-electron chi connectivity index (χ3n) is 5.33. The number of likely N-dealkylation sites (tertiary alicyclic amines) is 1. The van der Waals surface area contributed by atoms with Gasteiger partial charge in [-0.25, -0.2) is 13.1 Å². The Hall–Kier alpha value is -2.43. The molecule has 1 aromatic heterocycles. The zero-order valence-electron chi connectivity index (χ0n) is 16.9. The summed E-state index contributed by atoms with van der Waals surface area (Å²) in [6, 6.07) is 8.07. The molecule has 0 spiro atoms. The van der Waals surface area contributed by atoms with Crippen LogP contribution in [-0.4, -0.2) is 48.5 Å². The molecule has 0 bridgehead atoms. The molecule has 1 aromatic carbocycles. The van der Waals surface area contributed by atoms with Crippen molar-refractivity contribution in [1.82, 2.24) is 14.6 Å². The maximum Gasteiger partial charge on any atom is 0.247 e. The van der Waals surface area contributed by atoms with Crippen LogP contribution < -0.4 is 10.0 Å². The van der Waals surface area contributed by atoms with Crippen molar-refractivity contribution in [1.29, 1.82) is 0 Å². The highest BCUT2D eigenvalue weighted by Crippen LogP contribution is 2.38. The van der Waals surface area contributed by atoms with Gasteiger partial charge >= 0.3 is 0 Å². The van der Waals surface area contributed by atoms with E-state index in [-0.39, 0.29) is 17.3 Å². The first kappa shape index (κ1) is 21.8.